The molecule has 0 aromatic rings. The molecule has 0 bridgehead atoms. The Labute approximate surface area is 90.0 Å². The molecule has 1 rings (SSSR count). The molecule has 0 heterocycles. The van der Waals surface area contributed by atoms with Gasteiger partial charge in [-0.3, -0.25) is 9.59 Å². The Balaban J connectivity index is 2.23. The van der Waals surface area contributed by atoms with Crippen molar-refractivity contribution in [3.05, 3.63) is 0 Å². The predicted molar refractivity (Wildman–Crippen MR) is 56.4 cm³/mol. The topological polar surface area (TPSA) is 66.4 Å². The second kappa shape index (κ2) is 5.73. The van der Waals surface area contributed by atoms with Crippen molar-refractivity contribution in [1.29, 1.82) is 0 Å². The SMILES string of the molecule is CCCCC(=O)NC1CCC(C(=O)O)C1. The number of hydrogen-bond donors (Lipinski definition) is 2. The minimum absolute atomic E-state index is 0.0629. The summed E-state index contributed by atoms with van der Waals surface area (Å²) in [6, 6.07) is 0.0791. The molecule has 0 aromatic carbocycles. The minimum Gasteiger partial charge on any atom is -0.481 e. The Morgan fingerprint density at radius 3 is 2.67 bits per heavy atom. The van der Waals surface area contributed by atoms with Crippen LogP contribution in [0.25, 0.3) is 0 Å². The van der Waals surface area contributed by atoms with E-state index in [9.17, 15) is 9.59 Å². The zero-order chi connectivity index (χ0) is 11.3. The highest BCUT2D eigenvalue weighted by molar-refractivity contribution is 5.76. The number of aliphatic carboxylic acids is 1. The molecule has 86 valence electrons. The van der Waals surface area contributed by atoms with Crippen molar-refractivity contribution in [2.75, 3.05) is 0 Å². The van der Waals surface area contributed by atoms with Crippen LogP contribution in [0.4, 0.5) is 0 Å². The summed E-state index contributed by atoms with van der Waals surface area (Å²) in [5, 5.41) is 11.7. The first kappa shape index (κ1) is 12.0. The summed E-state index contributed by atoms with van der Waals surface area (Å²) in [4.78, 5) is 22.1. The van der Waals surface area contributed by atoms with Gasteiger partial charge in [-0.25, -0.2) is 0 Å². The van der Waals surface area contributed by atoms with E-state index < -0.39 is 5.97 Å². The van der Waals surface area contributed by atoms with Gasteiger partial charge in [-0.15, -0.1) is 0 Å². The van der Waals surface area contributed by atoms with Crippen molar-refractivity contribution in [3.8, 4) is 0 Å². The Kier molecular flexibility index (Phi) is 4.59. The number of carbonyl (C=O) groups excluding carboxylic acids is 1. The van der Waals surface area contributed by atoms with Crippen LogP contribution in [0, 0.1) is 5.92 Å². The Morgan fingerprint density at radius 2 is 2.13 bits per heavy atom. The van der Waals surface area contributed by atoms with Crippen LogP contribution in [0.15, 0.2) is 0 Å². The Morgan fingerprint density at radius 1 is 1.40 bits per heavy atom. The first-order valence-corrected chi connectivity index (χ1v) is 5.65. The monoisotopic (exact) mass is 213 g/mol. The quantitative estimate of drug-likeness (QED) is 0.728. The second-order valence-electron chi connectivity index (χ2n) is 4.22. The molecular weight excluding hydrogens is 194 g/mol. The lowest BCUT2D eigenvalue weighted by Gasteiger charge is -2.11. The minimum atomic E-state index is -0.736. The van der Waals surface area contributed by atoms with E-state index in [4.69, 9.17) is 5.11 Å². The number of nitrogens with one attached hydrogen (secondary N) is 1. The number of hydrogen-bond acceptors (Lipinski definition) is 2. The van der Waals surface area contributed by atoms with E-state index in [0.717, 1.165) is 19.3 Å². The van der Waals surface area contributed by atoms with E-state index in [0.29, 0.717) is 19.3 Å². The van der Waals surface area contributed by atoms with E-state index in [1.165, 1.54) is 0 Å². The van der Waals surface area contributed by atoms with Crippen molar-refractivity contribution < 1.29 is 14.7 Å². The van der Waals surface area contributed by atoms with Crippen LogP contribution in [0.1, 0.15) is 45.4 Å². The molecular formula is C11H19NO3. The molecule has 0 radical (unpaired) electrons. The average Bonchev–Trinajstić information content (AvgIpc) is 2.63. The van der Waals surface area contributed by atoms with E-state index in [2.05, 4.69) is 5.32 Å². The Bertz CT molecular complexity index is 240. The average molecular weight is 213 g/mol. The number of carboxylic acids is 1. The summed E-state index contributed by atoms with van der Waals surface area (Å²) in [6.45, 7) is 2.04. The van der Waals surface area contributed by atoms with Crippen LogP contribution >= 0.6 is 0 Å². The molecule has 2 N–H and O–H groups in total. The molecule has 1 amide bonds. The van der Waals surface area contributed by atoms with Crippen LogP contribution in [0.5, 0.6) is 0 Å². The van der Waals surface area contributed by atoms with Crippen LogP contribution in [0.2, 0.25) is 0 Å². The summed E-state index contributed by atoms with van der Waals surface area (Å²) in [6.07, 6.45) is 4.55. The predicted octanol–water partition coefficient (Wildman–Crippen LogP) is 1.55. The summed E-state index contributed by atoms with van der Waals surface area (Å²) < 4.78 is 0. The second-order valence-corrected chi connectivity index (χ2v) is 4.22. The van der Waals surface area contributed by atoms with Gasteiger partial charge in [-0.1, -0.05) is 13.3 Å². The number of rotatable bonds is 5. The van der Waals surface area contributed by atoms with Gasteiger partial charge in [0.15, 0.2) is 0 Å². The zero-order valence-corrected chi connectivity index (χ0v) is 9.16. The molecule has 0 aliphatic heterocycles. The fraction of sp³-hybridized carbons (Fsp3) is 0.818. The smallest absolute Gasteiger partial charge is 0.306 e. The van der Waals surface area contributed by atoms with Crippen LogP contribution < -0.4 is 5.32 Å². The molecule has 1 saturated carbocycles. The number of unbranched alkanes of at least 4 members (excludes halogenated alkanes) is 1. The van der Waals surface area contributed by atoms with Crippen LogP contribution in [-0.4, -0.2) is 23.0 Å². The maximum Gasteiger partial charge on any atom is 0.306 e. The highest BCUT2D eigenvalue weighted by Crippen LogP contribution is 2.25. The molecule has 15 heavy (non-hydrogen) atoms. The highest BCUT2D eigenvalue weighted by Gasteiger charge is 2.30. The van der Waals surface area contributed by atoms with Crippen molar-refractivity contribution in [1.82, 2.24) is 5.32 Å². The van der Waals surface area contributed by atoms with Gasteiger partial charge in [-0.2, -0.15) is 0 Å². The third-order valence-corrected chi connectivity index (χ3v) is 2.90. The van der Waals surface area contributed by atoms with E-state index >= 15 is 0 Å². The van der Waals surface area contributed by atoms with Gasteiger partial charge in [0, 0.05) is 12.5 Å². The number of carbonyl (C=O) groups is 2. The van der Waals surface area contributed by atoms with E-state index in [1.54, 1.807) is 0 Å². The van der Waals surface area contributed by atoms with Gasteiger partial charge < -0.3 is 10.4 Å². The molecule has 1 aliphatic carbocycles. The van der Waals surface area contributed by atoms with Crippen molar-refractivity contribution >= 4 is 11.9 Å². The zero-order valence-electron chi connectivity index (χ0n) is 9.16. The van der Waals surface area contributed by atoms with Gasteiger partial charge in [0.25, 0.3) is 0 Å². The van der Waals surface area contributed by atoms with Crippen LogP contribution in [0.3, 0.4) is 0 Å². The summed E-state index contributed by atoms with van der Waals surface area (Å²) in [5.74, 6) is -0.935. The molecule has 1 aliphatic rings. The maximum absolute atomic E-state index is 11.4. The van der Waals surface area contributed by atoms with Crippen molar-refractivity contribution in [2.24, 2.45) is 5.92 Å². The normalized spacial score (nSPS) is 25.1. The van der Waals surface area contributed by atoms with Gasteiger partial charge in [-0.05, 0) is 25.7 Å². The standard InChI is InChI=1S/C11H19NO3/c1-2-3-4-10(13)12-9-6-5-8(7-9)11(14)15/h8-9H,2-7H2,1H3,(H,12,13)(H,14,15). The highest BCUT2D eigenvalue weighted by atomic mass is 16.4. The maximum atomic E-state index is 11.4. The van der Waals surface area contributed by atoms with E-state index in [1.807, 2.05) is 6.92 Å². The molecule has 0 aromatic heterocycles. The first-order chi connectivity index (χ1) is 7.13. The summed E-state index contributed by atoms with van der Waals surface area (Å²) in [5.41, 5.74) is 0. The number of amides is 1. The summed E-state index contributed by atoms with van der Waals surface area (Å²) >= 11 is 0. The molecule has 0 saturated heterocycles. The third kappa shape index (κ3) is 3.90. The van der Waals surface area contributed by atoms with E-state index in [-0.39, 0.29) is 17.9 Å². The fourth-order valence-electron chi connectivity index (χ4n) is 1.97. The van der Waals surface area contributed by atoms with Gasteiger partial charge in [0.2, 0.25) is 5.91 Å². The van der Waals surface area contributed by atoms with Crippen LogP contribution in [-0.2, 0) is 9.59 Å². The number of carboxylic acid groups (broad SMARTS) is 1. The fourth-order valence-corrected chi connectivity index (χ4v) is 1.97. The molecule has 4 heteroatoms. The lowest BCUT2D eigenvalue weighted by atomic mass is 10.1. The molecule has 2 unspecified atom stereocenters. The first-order valence-electron chi connectivity index (χ1n) is 5.65. The molecule has 2 atom stereocenters. The molecule has 4 nitrogen and oxygen atoms in total. The van der Waals surface area contributed by atoms with Gasteiger partial charge in [0.05, 0.1) is 5.92 Å². The van der Waals surface area contributed by atoms with Gasteiger partial charge >= 0.3 is 5.97 Å². The largest absolute Gasteiger partial charge is 0.481 e. The molecule has 1 fully saturated rings. The van der Waals surface area contributed by atoms with Gasteiger partial charge in [0.1, 0.15) is 0 Å². The Hall–Kier alpha value is -1.06. The lowest BCUT2D eigenvalue weighted by Crippen LogP contribution is -2.33. The lowest BCUT2D eigenvalue weighted by molar-refractivity contribution is -0.141. The third-order valence-electron chi connectivity index (χ3n) is 2.90. The summed E-state index contributed by atoms with van der Waals surface area (Å²) in [7, 11) is 0. The van der Waals surface area contributed by atoms with Crippen molar-refractivity contribution in [2.45, 2.75) is 51.5 Å². The van der Waals surface area contributed by atoms with Crippen molar-refractivity contribution in [3.63, 3.8) is 0 Å². The molecule has 0 spiro atoms.